The van der Waals surface area contributed by atoms with E-state index in [4.69, 9.17) is 0 Å². The number of aromatic nitrogens is 2. The van der Waals surface area contributed by atoms with E-state index in [1.807, 2.05) is 41.8 Å². The first-order valence-corrected chi connectivity index (χ1v) is 11.7. The molecule has 30 heavy (non-hydrogen) atoms. The summed E-state index contributed by atoms with van der Waals surface area (Å²) in [6.45, 7) is 3.28. The molecule has 1 aliphatic carbocycles. The number of nitrogens with zero attached hydrogens (tertiary/aromatic N) is 4. The number of carbonyl (C=O) groups is 1. The van der Waals surface area contributed by atoms with Crippen molar-refractivity contribution in [2.24, 2.45) is 0 Å². The van der Waals surface area contributed by atoms with Crippen LogP contribution < -0.4 is 0 Å². The summed E-state index contributed by atoms with van der Waals surface area (Å²) in [5, 5.41) is 0. The third-order valence-corrected chi connectivity index (χ3v) is 7.96. The monoisotopic (exact) mass is 424 g/mol. The molecule has 5 rings (SSSR count). The lowest BCUT2D eigenvalue weighted by Gasteiger charge is -2.33. The van der Waals surface area contributed by atoms with Crippen molar-refractivity contribution in [3.05, 3.63) is 65.1 Å². The zero-order valence-corrected chi connectivity index (χ0v) is 17.7. The van der Waals surface area contributed by atoms with Gasteiger partial charge >= 0.3 is 0 Å². The molecule has 7 nitrogen and oxygen atoms in total. The molecule has 0 N–H and O–H groups in total. The second-order valence-corrected chi connectivity index (χ2v) is 10.0. The zero-order chi connectivity index (χ0) is 20.9. The van der Waals surface area contributed by atoms with Crippen molar-refractivity contribution in [1.29, 1.82) is 0 Å². The predicted molar refractivity (Wildman–Crippen MR) is 113 cm³/mol. The first-order chi connectivity index (χ1) is 14.4. The maximum atomic E-state index is 13.1. The summed E-state index contributed by atoms with van der Waals surface area (Å²) in [6, 6.07) is 9.38. The molecule has 0 radical (unpaired) electrons. The fourth-order valence-corrected chi connectivity index (χ4v) is 5.81. The average Bonchev–Trinajstić information content (AvgIpc) is 3.39. The van der Waals surface area contributed by atoms with Crippen molar-refractivity contribution in [1.82, 2.24) is 18.6 Å². The number of piperazine rings is 1. The number of pyridine rings is 1. The quantitative estimate of drug-likeness (QED) is 0.647. The van der Waals surface area contributed by atoms with Gasteiger partial charge in [0.25, 0.3) is 5.91 Å². The van der Waals surface area contributed by atoms with Crippen LogP contribution in [0.25, 0.3) is 5.65 Å². The summed E-state index contributed by atoms with van der Waals surface area (Å²) in [5.41, 5.74) is 4.60. The van der Waals surface area contributed by atoms with Gasteiger partial charge in [-0.1, -0.05) is 6.07 Å². The topological polar surface area (TPSA) is 75.0 Å². The molecule has 0 spiro atoms. The third-order valence-electron chi connectivity index (χ3n) is 6.07. The highest BCUT2D eigenvalue weighted by atomic mass is 32.2. The minimum Gasteiger partial charge on any atom is -0.335 e. The number of imidazole rings is 1. The third kappa shape index (κ3) is 3.30. The summed E-state index contributed by atoms with van der Waals surface area (Å²) in [7, 11) is -3.55. The molecule has 1 saturated heterocycles. The molecule has 156 valence electrons. The first-order valence-electron chi connectivity index (χ1n) is 10.3. The molecule has 1 fully saturated rings. The van der Waals surface area contributed by atoms with Crippen molar-refractivity contribution in [2.45, 2.75) is 31.1 Å². The van der Waals surface area contributed by atoms with Gasteiger partial charge < -0.3 is 9.30 Å². The van der Waals surface area contributed by atoms with E-state index in [2.05, 4.69) is 4.98 Å². The van der Waals surface area contributed by atoms with Crippen molar-refractivity contribution in [3.63, 3.8) is 0 Å². The summed E-state index contributed by atoms with van der Waals surface area (Å²) < 4.78 is 29.5. The Morgan fingerprint density at radius 3 is 2.57 bits per heavy atom. The number of fused-ring (bicyclic) bond motifs is 2. The van der Waals surface area contributed by atoms with Crippen LogP contribution in [-0.4, -0.2) is 59.1 Å². The molecule has 2 aromatic heterocycles. The summed E-state index contributed by atoms with van der Waals surface area (Å²) in [6.07, 6.45) is 6.67. The fourth-order valence-electron chi connectivity index (χ4n) is 4.34. The Balaban J connectivity index is 1.30. The van der Waals surface area contributed by atoms with E-state index in [1.54, 1.807) is 17.2 Å². The number of hydrogen-bond donors (Lipinski definition) is 0. The molecule has 1 amide bonds. The zero-order valence-electron chi connectivity index (χ0n) is 16.9. The summed E-state index contributed by atoms with van der Waals surface area (Å²) in [5.74, 6) is -0.161. The van der Waals surface area contributed by atoms with Gasteiger partial charge in [0.15, 0.2) is 0 Å². The number of sulfonamides is 1. The average molecular weight is 425 g/mol. The van der Waals surface area contributed by atoms with Crippen molar-refractivity contribution < 1.29 is 13.2 Å². The van der Waals surface area contributed by atoms with E-state index in [0.717, 1.165) is 36.0 Å². The van der Waals surface area contributed by atoms with Crippen molar-refractivity contribution in [3.8, 4) is 0 Å². The van der Waals surface area contributed by atoms with Crippen molar-refractivity contribution >= 4 is 21.6 Å². The van der Waals surface area contributed by atoms with Crippen LogP contribution in [-0.2, 0) is 22.9 Å². The summed E-state index contributed by atoms with van der Waals surface area (Å²) >= 11 is 0. The molecule has 0 saturated carbocycles. The van der Waals surface area contributed by atoms with Crippen LogP contribution in [0.1, 0.15) is 33.6 Å². The highest BCUT2D eigenvalue weighted by molar-refractivity contribution is 7.89. The first kappa shape index (κ1) is 19.3. The Morgan fingerprint density at radius 2 is 1.77 bits per heavy atom. The van der Waals surface area contributed by atoms with Crippen LogP contribution >= 0.6 is 0 Å². The molecule has 3 aromatic rings. The molecule has 2 aliphatic rings. The van der Waals surface area contributed by atoms with Crippen LogP contribution in [0.5, 0.6) is 0 Å². The van der Waals surface area contributed by atoms with Gasteiger partial charge in [-0.3, -0.25) is 4.79 Å². The lowest BCUT2D eigenvalue weighted by atomic mass is 10.1. The van der Waals surface area contributed by atoms with Gasteiger partial charge in [0.1, 0.15) is 11.3 Å². The number of rotatable bonds is 3. The van der Waals surface area contributed by atoms with Gasteiger partial charge in [0.2, 0.25) is 10.0 Å². The van der Waals surface area contributed by atoms with Crippen molar-refractivity contribution in [2.75, 3.05) is 26.2 Å². The van der Waals surface area contributed by atoms with Crippen LogP contribution in [0, 0.1) is 6.92 Å². The maximum absolute atomic E-state index is 13.1. The number of carbonyl (C=O) groups excluding carboxylic acids is 1. The number of amides is 1. The van der Waals surface area contributed by atoms with Gasteiger partial charge in [-0.25, -0.2) is 13.4 Å². The molecule has 0 unspecified atom stereocenters. The Labute approximate surface area is 176 Å². The minimum atomic E-state index is -3.55. The molecule has 0 bridgehead atoms. The SMILES string of the molecule is Cc1ccn2cc(C(=O)N3CCN(S(=O)(=O)c4ccc5c(c4)CCC5)CC3)nc2c1. The standard InChI is InChI=1S/C22H24N4O3S/c1-16-7-8-25-15-20(23-21(25)13-16)22(27)24-9-11-26(12-10-24)30(28,29)19-6-5-17-3-2-4-18(17)14-19/h5-8,13-15H,2-4,9-12H2,1H3. The molecular formula is C22H24N4O3S. The predicted octanol–water partition coefficient (Wildman–Crippen LogP) is 2.28. The second kappa shape index (κ2) is 7.21. The van der Waals surface area contributed by atoms with Crippen LogP contribution in [0.2, 0.25) is 0 Å². The van der Waals surface area contributed by atoms with Gasteiger partial charge in [-0.05, 0) is 67.1 Å². The number of aryl methyl sites for hydroxylation is 3. The smallest absolute Gasteiger partial charge is 0.274 e. The Kier molecular flexibility index (Phi) is 4.63. The lowest BCUT2D eigenvalue weighted by molar-refractivity contribution is 0.0692. The Hall–Kier alpha value is -2.71. The highest BCUT2D eigenvalue weighted by Gasteiger charge is 2.31. The van der Waals surface area contributed by atoms with Crippen LogP contribution in [0.4, 0.5) is 0 Å². The van der Waals surface area contributed by atoms with Gasteiger partial charge in [-0.15, -0.1) is 0 Å². The Morgan fingerprint density at radius 1 is 1.00 bits per heavy atom. The van der Waals surface area contributed by atoms with E-state index in [1.165, 1.54) is 9.87 Å². The van der Waals surface area contributed by atoms with Gasteiger partial charge in [-0.2, -0.15) is 4.31 Å². The maximum Gasteiger partial charge on any atom is 0.274 e. The molecule has 0 atom stereocenters. The van der Waals surface area contributed by atoms with E-state index < -0.39 is 10.0 Å². The van der Waals surface area contributed by atoms with E-state index in [9.17, 15) is 13.2 Å². The van der Waals surface area contributed by atoms with E-state index in [0.29, 0.717) is 23.7 Å². The highest BCUT2D eigenvalue weighted by Crippen LogP contribution is 2.27. The van der Waals surface area contributed by atoms with Gasteiger partial charge in [0, 0.05) is 38.6 Å². The fraction of sp³-hybridized carbons (Fsp3) is 0.364. The minimum absolute atomic E-state index is 0.161. The molecule has 1 aliphatic heterocycles. The molecule has 8 heteroatoms. The number of benzene rings is 1. The van der Waals surface area contributed by atoms with E-state index >= 15 is 0 Å². The molecule has 1 aromatic carbocycles. The normalized spacial score (nSPS) is 17.4. The van der Waals surface area contributed by atoms with Crippen LogP contribution in [0.3, 0.4) is 0 Å². The second-order valence-electron chi connectivity index (χ2n) is 8.08. The van der Waals surface area contributed by atoms with E-state index in [-0.39, 0.29) is 19.0 Å². The largest absolute Gasteiger partial charge is 0.335 e. The molecular weight excluding hydrogens is 400 g/mol. The lowest BCUT2D eigenvalue weighted by Crippen LogP contribution is -2.50. The van der Waals surface area contributed by atoms with Crippen LogP contribution in [0.15, 0.2) is 47.6 Å². The summed E-state index contributed by atoms with van der Waals surface area (Å²) in [4.78, 5) is 19.4. The Bertz CT molecular complexity index is 1240. The van der Waals surface area contributed by atoms with Gasteiger partial charge in [0.05, 0.1) is 4.90 Å². The number of hydrogen-bond acceptors (Lipinski definition) is 4. The molecule has 3 heterocycles.